The summed E-state index contributed by atoms with van der Waals surface area (Å²) in [7, 11) is 1.68. The van der Waals surface area contributed by atoms with E-state index in [0.29, 0.717) is 0 Å². The normalized spacial score (nSPS) is 16.0. The monoisotopic (exact) mass is 370 g/mol. The summed E-state index contributed by atoms with van der Waals surface area (Å²) in [6.45, 7) is 0. The Balaban J connectivity index is 1.47. The summed E-state index contributed by atoms with van der Waals surface area (Å²) in [5.74, 6) is 1.51. The third-order valence-corrected chi connectivity index (χ3v) is 5.41. The Morgan fingerprint density at radius 3 is 2.79 bits per heavy atom. The van der Waals surface area contributed by atoms with Gasteiger partial charge in [0.25, 0.3) is 0 Å². The fourth-order valence-corrected chi connectivity index (χ4v) is 3.98. The third kappa shape index (κ3) is 3.01. The van der Waals surface area contributed by atoms with Crippen LogP contribution >= 0.6 is 0 Å². The van der Waals surface area contributed by atoms with Crippen LogP contribution in [0.1, 0.15) is 30.1 Å². The van der Waals surface area contributed by atoms with Crippen LogP contribution in [-0.4, -0.2) is 16.5 Å². The Morgan fingerprint density at radius 2 is 1.89 bits per heavy atom. The maximum Gasteiger partial charge on any atom is 0.162 e. The molecule has 2 aromatic heterocycles. The van der Waals surface area contributed by atoms with Crippen molar-refractivity contribution in [3.63, 3.8) is 0 Å². The van der Waals surface area contributed by atoms with Gasteiger partial charge in [-0.05, 0) is 60.7 Å². The van der Waals surface area contributed by atoms with Gasteiger partial charge in [-0.3, -0.25) is 0 Å². The molecule has 1 aliphatic rings. The molecule has 4 nitrogen and oxygen atoms in total. The fourth-order valence-electron chi connectivity index (χ4n) is 3.98. The van der Waals surface area contributed by atoms with Gasteiger partial charge < -0.3 is 13.9 Å². The largest absolute Gasteiger partial charge is 0.493 e. The van der Waals surface area contributed by atoms with Crippen LogP contribution in [0.5, 0.6) is 11.5 Å². The zero-order valence-electron chi connectivity index (χ0n) is 15.8. The van der Waals surface area contributed by atoms with Gasteiger partial charge in [0.05, 0.1) is 12.8 Å². The average Bonchev–Trinajstić information content (AvgIpc) is 3.18. The number of hydrogen-bond donors (Lipinski definition) is 0. The van der Waals surface area contributed by atoms with Gasteiger partial charge >= 0.3 is 0 Å². The van der Waals surface area contributed by atoms with Crippen LogP contribution in [0.15, 0.2) is 73.1 Å². The molecule has 140 valence electrons. The Labute approximate surface area is 164 Å². The van der Waals surface area contributed by atoms with Crippen molar-refractivity contribution in [1.82, 2.24) is 9.38 Å². The molecule has 0 saturated carbocycles. The number of aromatic nitrogens is 2. The van der Waals surface area contributed by atoms with Crippen molar-refractivity contribution in [2.45, 2.75) is 25.4 Å². The molecule has 0 aliphatic heterocycles. The van der Waals surface area contributed by atoms with Crippen molar-refractivity contribution in [1.29, 1.82) is 0 Å². The zero-order valence-corrected chi connectivity index (χ0v) is 15.8. The molecule has 1 atom stereocenters. The summed E-state index contributed by atoms with van der Waals surface area (Å²) >= 11 is 0. The molecule has 0 fully saturated rings. The summed E-state index contributed by atoms with van der Waals surface area (Å²) in [5, 5.41) is 0. The van der Waals surface area contributed by atoms with Gasteiger partial charge in [-0.25, -0.2) is 4.98 Å². The zero-order chi connectivity index (χ0) is 18.9. The number of rotatable bonds is 4. The minimum Gasteiger partial charge on any atom is -0.493 e. The van der Waals surface area contributed by atoms with Crippen molar-refractivity contribution < 1.29 is 9.47 Å². The summed E-state index contributed by atoms with van der Waals surface area (Å²) in [5.41, 5.74) is 5.53. The maximum atomic E-state index is 6.40. The second-order valence-corrected chi connectivity index (χ2v) is 7.16. The Morgan fingerprint density at radius 1 is 1.00 bits per heavy atom. The molecule has 0 bridgehead atoms. The van der Waals surface area contributed by atoms with E-state index in [9.17, 15) is 0 Å². The van der Waals surface area contributed by atoms with Gasteiger partial charge in [-0.15, -0.1) is 0 Å². The number of pyridine rings is 1. The van der Waals surface area contributed by atoms with Crippen molar-refractivity contribution in [2.75, 3.05) is 7.11 Å². The van der Waals surface area contributed by atoms with E-state index >= 15 is 0 Å². The summed E-state index contributed by atoms with van der Waals surface area (Å²) in [6.07, 6.45) is 7.39. The molecule has 4 heteroatoms. The number of fused-ring (bicyclic) bond motifs is 2. The van der Waals surface area contributed by atoms with E-state index in [4.69, 9.17) is 14.5 Å². The van der Waals surface area contributed by atoms with E-state index in [1.807, 2.05) is 53.2 Å². The number of hydrogen-bond acceptors (Lipinski definition) is 3. The molecule has 0 saturated heterocycles. The minimum absolute atomic E-state index is 0.0693. The molecular formula is C24H22N2O2. The lowest BCUT2D eigenvalue weighted by molar-refractivity contribution is 0.176. The smallest absolute Gasteiger partial charge is 0.162 e. The summed E-state index contributed by atoms with van der Waals surface area (Å²) in [6, 6.07) is 20.6. The highest BCUT2D eigenvalue weighted by atomic mass is 16.5. The first-order valence-corrected chi connectivity index (χ1v) is 9.68. The molecule has 0 amide bonds. The molecular weight excluding hydrogens is 348 g/mol. The number of methoxy groups -OCH3 is 1. The van der Waals surface area contributed by atoms with Crippen molar-refractivity contribution in [3.8, 4) is 22.8 Å². The van der Waals surface area contributed by atoms with E-state index in [0.717, 1.165) is 47.7 Å². The van der Waals surface area contributed by atoms with E-state index in [1.54, 1.807) is 7.11 Å². The molecule has 1 aliphatic carbocycles. The SMILES string of the molecule is COc1cc(-c2cn3ccccc3n2)ccc1OC1CCCc2ccccc21. The topological polar surface area (TPSA) is 35.8 Å². The summed E-state index contributed by atoms with van der Waals surface area (Å²) in [4.78, 5) is 4.70. The Bertz CT molecular complexity index is 1100. The van der Waals surface area contributed by atoms with Gasteiger partial charge in [0.2, 0.25) is 0 Å². The molecule has 1 unspecified atom stereocenters. The van der Waals surface area contributed by atoms with E-state index < -0.39 is 0 Å². The lowest BCUT2D eigenvalue weighted by Crippen LogP contribution is -2.15. The molecule has 0 radical (unpaired) electrons. The average molecular weight is 370 g/mol. The maximum absolute atomic E-state index is 6.40. The van der Waals surface area contributed by atoms with Crippen LogP contribution < -0.4 is 9.47 Å². The van der Waals surface area contributed by atoms with Crippen molar-refractivity contribution in [2.24, 2.45) is 0 Å². The number of benzene rings is 2. The van der Waals surface area contributed by atoms with Crippen LogP contribution in [0.4, 0.5) is 0 Å². The van der Waals surface area contributed by atoms with Crippen LogP contribution in [0.2, 0.25) is 0 Å². The lowest BCUT2D eigenvalue weighted by atomic mass is 9.89. The van der Waals surface area contributed by atoms with Gasteiger partial charge in [0, 0.05) is 18.0 Å². The van der Waals surface area contributed by atoms with Crippen LogP contribution in [0, 0.1) is 0 Å². The van der Waals surface area contributed by atoms with Crippen LogP contribution in [-0.2, 0) is 6.42 Å². The Hall–Kier alpha value is -3.27. The van der Waals surface area contributed by atoms with Gasteiger partial charge in [-0.1, -0.05) is 30.3 Å². The van der Waals surface area contributed by atoms with Crippen molar-refractivity contribution >= 4 is 5.65 Å². The number of imidazole rings is 1. The van der Waals surface area contributed by atoms with Gasteiger partial charge in [0.15, 0.2) is 11.5 Å². The van der Waals surface area contributed by atoms with E-state index in [2.05, 4.69) is 24.3 Å². The molecule has 4 aromatic rings. The third-order valence-electron chi connectivity index (χ3n) is 5.41. The predicted octanol–water partition coefficient (Wildman–Crippen LogP) is 5.47. The summed E-state index contributed by atoms with van der Waals surface area (Å²) < 4.78 is 14.1. The molecule has 5 rings (SSSR count). The van der Waals surface area contributed by atoms with E-state index in [1.165, 1.54) is 11.1 Å². The second kappa shape index (κ2) is 7.04. The first-order chi connectivity index (χ1) is 13.8. The molecule has 2 aromatic carbocycles. The van der Waals surface area contributed by atoms with Crippen LogP contribution in [0.25, 0.3) is 16.9 Å². The molecule has 0 spiro atoms. The standard InChI is InChI=1S/C24H22N2O2/c1-27-23-15-18(20-16-26-14-5-4-11-24(26)25-20)12-13-22(23)28-21-10-6-8-17-7-2-3-9-19(17)21/h2-5,7,9,11-16,21H,6,8,10H2,1H3. The minimum atomic E-state index is 0.0693. The molecule has 0 N–H and O–H groups in total. The highest BCUT2D eigenvalue weighted by Gasteiger charge is 2.22. The first-order valence-electron chi connectivity index (χ1n) is 9.68. The van der Waals surface area contributed by atoms with Gasteiger partial charge in [-0.2, -0.15) is 0 Å². The van der Waals surface area contributed by atoms with E-state index in [-0.39, 0.29) is 6.10 Å². The Kier molecular flexibility index (Phi) is 4.24. The van der Waals surface area contributed by atoms with Gasteiger partial charge in [0.1, 0.15) is 11.8 Å². The predicted molar refractivity (Wildman–Crippen MR) is 110 cm³/mol. The fraction of sp³-hybridized carbons (Fsp3) is 0.208. The van der Waals surface area contributed by atoms with Crippen molar-refractivity contribution in [3.05, 3.63) is 84.2 Å². The van der Waals surface area contributed by atoms with Crippen LogP contribution in [0.3, 0.4) is 0 Å². The second-order valence-electron chi connectivity index (χ2n) is 7.16. The highest BCUT2D eigenvalue weighted by molar-refractivity contribution is 5.66. The molecule has 2 heterocycles. The highest BCUT2D eigenvalue weighted by Crippen LogP contribution is 2.38. The molecule has 28 heavy (non-hydrogen) atoms. The quantitative estimate of drug-likeness (QED) is 0.478. The first kappa shape index (κ1) is 16.9. The lowest BCUT2D eigenvalue weighted by Gasteiger charge is -2.27. The number of nitrogens with zero attached hydrogens (tertiary/aromatic N) is 2. The number of aryl methyl sites for hydroxylation is 1. The number of ether oxygens (including phenoxy) is 2.